The summed E-state index contributed by atoms with van der Waals surface area (Å²) in [5.41, 5.74) is 8.04. The number of pyridine rings is 1. The molecule has 15 heavy (non-hydrogen) atoms. The summed E-state index contributed by atoms with van der Waals surface area (Å²) in [6.45, 7) is 3.81. The van der Waals surface area contributed by atoms with Crippen molar-refractivity contribution in [3.8, 4) is 0 Å². The van der Waals surface area contributed by atoms with Crippen LogP contribution < -0.4 is 5.73 Å². The predicted octanol–water partition coefficient (Wildman–Crippen LogP) is 1.05. The van der Waals surface area contributed by atoms with Gasteiger partial charge in [-0.2, -0.15) is 0 Å². The topological polar surface area (TPSA) is 75.9 Å². The average Bonchev–Trinajstić information content (AvgIpc) is 2.54. The van der Waals surface area contributed by atoms with Crippen molar-refractivity contribution in [1.82, 2.24) is 9.38 Å². The van der Waals surface area contributed by atoms with Gasteiger partial charge in [0.2, 0.25) is 0 Å². The van der Waals surface area contributed by atoms with E-state index >= 15 is 0 Å². The summed E-state index contributed by atoms with van der Waals surface area (Å²) in [6.07, 6.45) is 1.90. The van der Waals surface area contributed by atoms with Crippen molar-refractivity contribution in [2.75, 3.05) is 0 Å². The molecule has 0 unspecified atom stereocenters. The van der Waals surface area contributed by atoms with Crippen molar-refractivity contribution >= 4 is 11.4 Å². The molecule has 0 aliphatic heterocycles. The Labute approximate surface area is 86.8 Å². The Morgan fingerprint density at radius 1 is 1.53 bits per heavy atom. The van der Waals surface area contributed by atoms with E-state index in [1.165, 1.54) is 0 Å². The van der Waals surface area contributed by atoms with Crippen LogP contribution in [0.3, 0.4) is 0 Å². The minimum Gasteiger partial charge on any atom is -0.409 e. The van der Waals surface area contributed by atoms with Gasteiger partial charge in [0.25, 0.3) is 0 Å². The van der Waals surface area contributed by atoms with Gasteiger partial charge in [0.15, 0.2) is 5.84 Å². The van der Waals surface area contributed by atoms with Crippen molar-refractivity contribution in [3.63, 3.8) is 0 Å². The monoisotopic (exact) mass is 204 g/mol. The van der Waals surface area contributed by atoms with Crippen LogP contribution in [0.25, 0.3) is 5.52 Å². The van der Waals surface area contributed by atoms with Gasteiger partial charge in [0.1, 0.15) is 5.82 Å². The molecule has 0 saturated carbocycles. The summed E-state index contributed by atoms with van der Waals surface area (Å²) in [4.78, 5) is 4.34. The molecule has 0 amide bonds. The van der Waals surface area contributed by atoms with Crippen LogP contribution in [0.1, 0.15) is 17.1 Å². The van der Waals surface area contributed by atoms with Gasteiger partial charge in [0.05, 0.1) is 11.2 Å². The maximum absolute atomic E-state index is 8.68. The van der Waals surface area contributed by atoms with Crippen LogP contribution in [0.15, 0.2) is 23.5 Å². The first-order valence-corrected chi connectivity index (χ1v) is 4.57. The van der Waals surface area contributed by atoms with Crippen LogP contribution >= 0.6 is 0 Å². The molecule has 78 valence electrons. The number of imidazole rings is 1. The summed E-state index contributed by atoms with van der Waals surface area (Å²) < 4.78 is 1.92. The van der Waals surface area contributed by atoms with Crippen LogP contribution in [0.5, 0.6) is 0 Å². The van der Waals surface area contributed by atoms with Crippen molar-refractivity contribution in [2.24, 2.45) is 10.9 Å². The van der Waals surface area contributed by atoms with Crippen molar-refractivity contribution in [1.29, 1.82) is 0 Å². The number of oxime groups is 1. The molecule has 0 radical (unpaired) electrons. The van der Waals surface area contributed by atoms with E-state index in [-0.39, 0.29) is 5.84 Å². The fourth-order valence-electron chi connectivity index (χ4n) is 1.76. The minimum absolute atomic E-state index is 0.101. The Kier molecular flexibility index (Phi) is 2.07. The SMILES string of the molecule is Cc1nc(C)n2cccc(/C(N)=N\O)c12. The van der Waals surface area contributed by atoms with Crippen LogP contribution in [0, 0.1) is 13.8 Å². The highest BCUT2D eigenvalue weighted by Gasteiger charge is 2.11. The third-order valence-electron chi connectivity index (χ3n) is 2.40. The van der Waals surface area contributed by atoms with E-state index in [1.54, 1.807) is 6.07 Å². The standard InChI is InChI=1S/C10H12N4O/c1-6-9-8(10(11)13-15)4-3-5-14(9)7(2)12-6/h3-5,15H,1-2H3,(H2,11,13). The Balaban J connectivity index is 2.87. The van der Waals surface area contributed by atoms with Gasteiger partial charge in [-0.3, -0.25) is 0 Å². The van der Waals surface area contributed by atoms with E-state index in [9.17, 15) is 0 Å². The lowest BCUT2D eigenvalue weighted by atomic mass is 10.2. The number of fused-ring (bicyclic) bond motifs is 1. The van der Waals surface area contributed by atoms with E-state index < -0.39 is 0 Å². The second-order valence-electron chi connectivity index (χ2n) is 3.37. The van der Waals surface area contributed by atoms with Crippen LogP contribution in [0.2, 0.25) is 0 Å². The molecule has 0 atom stereocenters. The quantitative estimate of drug-likeness (QED) is 0.315. The Bertz CT molecular complexity index is 542. The third kappa shape index (κ3) is 1.32. The largest absolute Gasteiger partial charge is 0.409 e. The molecular weight excluding hydrogens is 192 g/mol. The molecule has 0 saturated heterocycles. The predicted molar refractivity (Wildman–Crippen MR) is 57.2 cm³/mol. The molecule has 0 aliphatic rings. The molecule has 5 nitrogen and oxygen atoms in total. The van der Waals surface area contributed by atoms with Crippen LogP contribution in [-0.4, -0.2) is 20.4 Å². The molecule has 2 rings (SSSR count). The molecule has 5 heteroatoms. The molecule has 2 aromatic rings. The number of nitrogens with two attached hydrogens (primary N) is 1. The van der Waals surface area contributed by atoms with Crippen molar-refractivity contribution in [2.45, 2.75) is 13.8 Å². The first-order chi connectivity index (χ1) is 7.15. The molecule has 0 aromatic carbocycles. The first-order valence-electron chi connectivity index (χ1n) is 4.57. The second kappa shape index (κ2) is 3.27. The molecule has 3 N–H and O–H groups in total. The third-order valence-corrected chi connectivity index (χ3v) is 2.40. The highest BCUT2D eigenvalue weighted by Crippen LogP contribution is 2.16. The van der Waals surface area contributed by atoms with Gasteiger partial charge >= 0.3 is 0 Å². The van der Waals surface area contributed by atoms with Gasteiger partial charge in [0, 0.05) is 11.8 Å². The molecule has 0 bridgehead atoms. The summed E-state index contributed by atoms with van der Waals surface area (Å²) >= 11 is 0. The highest BCUT2D eigenvalue weighted by molar-refractivity contribution is 6.03. The summed E-state index contributed by atoms with van der Waals surface area (Å²) in [5, 5.41) is 11.7. The van der Waals surface area contributed by atoms with E-state index in [1.807, 2.05) is 30.5 Å². The van der Waals surface area contributed by atoms with Crippen molar-refractivity contribution in [3.05, 3.63) is 35.4 Å². The maximum Gasteiger partial charge on any atom is 0.172 e. The number of nitrogens with zero attached hydrogens (tertiary/aromatic N) is 3. The fourth-order valence-corrected chi connectivity index (χ4v) is 1.76. The summed E-state index contributed by atoms with van der Waals surface area (Å²) in [7, 11) is 0. The van der Waals surface area contributed by atoms with Crippen LogP contribution in [-0.2, 0) is 0 Å². The summed E-state index contributed by atoms with van der Waals surface area (Å²) in [5.74, 6) is 0.985. The Morgan fingerprint density at radius 3 is 2.93 bits per heavy atom. The number of aromatic nitrogens is 2. The smallest absolute Gasteiger partial charge is 0.172 e. The van der Waals surface area contributed by atoms with Gasteiger partial charge in [-0.25, -0.2) is 4.98 Å². The van der Waals surface area contributed by atoms with Crippen molar-refractivity contribution < 1.29 is 5.21 Å². The second-order valence-corrected chi connectivity index (χ2v) is 3.37. The number of hydrogen-bond donors (Lipinski definition) is 2. The molecule has 0 spiro atoms. The number of amidine groups is 1. The maximum atomic E-state index is 8.68. The van der Waals surface area contributed by atoms with Gasteiger partial charge in [-0.05, 0) is 26.0 Å². The molecule has 0 aliphatic carbocycles. The lowest BCUT2D eigenvalue weighted by Crippen LogP contribution is -2.14. The van der Waals surface area contributed by atoms with E-state index in [2.05, 4.69) is 10.1 Å². The zero-order valence-electron chi connectivity index (χ0n) is 8.60. The normalized spacial score (nSPS) is 12.3. The number of aryl methyl sites for hydroxylation is 2. The first kappa shape index (κ1) is 9.51. The van der Waals surface area contributed by atoms with Gasteiger partial charge in [-0.15, -0.1) is 0 Å². The van der Waals surface area contributed by atoms with Gasteiger partial charge < -0.3 is 15.3 Å². The van der Waals surface area contributed by atoms with Gasteiger partial charge in [-0.1, -0.05) is 5.16 Å². The Hall–Kier alpha value is -2.04. The lowest BCUT2D eigenvalue weighted by molar-refractivity contribution is 0.318. The average molecular weight is 204 g/mol. The number of hydrogen-bond acceptors (Lipinski definition) is 3. The van der Waals surface area contributed by atoms with E-state index in [0.717, 1.165) is 17.0 Å². The minimum atomic E-state index is 0.101. The zero-order chi connectivity index (χ0) is 11.0. The highest BCUT2D eigenvalue weighted by atomic mass is 16.4. The lowest BCUT2D eigenvalue weighted by Gasteiger charge is -2.03. The summed E-state index contributed by atoms with van der Waals surface area (Å²) in [6, 6.07) is 3.65. The van der Waals surface area contributed by atoms with Crippen LogP contribution in [0.4, 0.5) is 0 Å². The van der Waals surface area contributed by atoms with E-state index in [0.29, 0.717) is 5.56 Å². The molecule has 0 fully saturated rings. The zero-order valence-corrected chi connectivity index (χ0v) is 8.60. The molecule has 2 heterocycles. The Morgan fingerprint density at radius 2 is 2.27 bits per heavy atom. The number of rotatable bonds is 1. The van der Waals surface area contributed by atoms with E-state index in [4.69, 9.17) is 10.9 Å². The fraction of sp³-hybridized carbons (Fsp3) is 0.200. The molecule has 2 aromatic heterocycles. The molecular formula is C10H12N4O.